The maximum Gasteiger partial charge on any atom is 0.336 e. The zero-order valence-corrected chi connectivity index (χ0v) is 16.6. The van der Waals surface area contributed by atoms with E-state index in [1.54, 1.807) is 19.2 Å². The van der Waals surface area contributed by atoms with Gasteiger partial charge < -0.3 is 14.5 Å². The van der Waals surface area contributed by atoms with Crippen LogP contribution in [0, 0.1) is 6.92 Å². The number of aryl methyl sites for hydroxylation is 1. The molecule has 29 heavy (non-hydrogen) atoms. The number of nitrogens with two attached hydrogens (primary N) is 1. The topological polar surface area (TPSA) is 56.0 Å². The second-order valence-electron chi connectivity index (χ2n) is 7.19. The van der Waals surface area contributed by atoms with Crippen LogP contribution in [0.4, 0.5) is 0 Å². The van der Waals surface area contributed by atoms with Gasteiger partial charge in [-0.05, 0) is 19.1 Å². The average molecular weight is 386 g/mol. The third-order valence-electron chi connectivity index (χ3n) is 5.21. The maximum absolute atomic E-state index is 12.1. The smallest absolute Gasteiger partial charge is 0.336 e. The summed E-state index contributed by atoms with van der Waals surface area (Å²) in [5.74, 6) is 0.670. The average Bonchev–Trinajstić information content (AvgIpc) is 2.75. The van der Waals surface area contributed by atoms with Gasteiger partial charge in [-0.1, -0.05) is 60.2 Å². The highest BCUT2D eigenvalue weighted by molar-refractivity contribution is 5.81. The Labute approximate surface area is 169 Å². The summed E-state index contributed by atoms with van der Waals surface area (Å²) in [6.07, 6.45) is 0. The lowest BCUT2D eigenvalue weighted by molar-refractivity contribution is -0.702. The quantitative estimate of drug-likeness (QED) is 0.510. The molecule has 0 radical (unpaired) electrons. The summed E-state index contributed by atoms with van der Waals surface area (Å²) < 4.78 is 10.6. The zero-order chi connectivity index (χ0) is 20.2. The van der Waals surface area contributed by atoms with Gasteiger partial charge in [-0.15, -0.1) is 0 Å². The Kier molecular flexibility index (Phi) is 5.45. The van der Waals surface area contributed by atoms with Gasteiger partial charge in [0.2, 0.25) is 0 Å². The van der Waals surface area contributed by atoms with Crippen LogP contribution in [-0.2, 0) is 6.54 Å². The van der Waals surface area contributed by atoms with Crippen molar-refractivity contribution in [2.24, 2.45) is 0 Å². The first-order valence-corrected chi connectivity index (χ1v) is 9.69. The summed E-state index contributed by atoms with van der Waals surface area (Å²) in [6, 6.07) is 26.4. The van der Waals surface area contributed by atoms with Crippen LogP contribution in [-0.4, -0.2) is 7.11 Å². The Morgan fingerprint density at radius 2 is 1.66 bits per heavy atom. The van der Waals surface area contributed by atoms with Crippen LogP contribution in [0.2, 0.25) is 0 Å². The molecule has 0 saturated carbocycles. The van der Waals surface area contributed by atoms with Crippen molar-refractivity contribution in [3.05, 3.63) is 112 Å². The zero-order valence-electron chi connectivity index (χ0n) is 16.6. The number of rotatable bonds is 6. The predicted molar refractivity (Wildman–Crippen MR) is 114 cm³/mol. The van der Waals surface area contributed by atoms with Gasteiger partial charge in [-0.3, -0.25) is 0 Å². The van der Waals surface area contributed by atoms with E-state index in [-0.39, 0.29) is 11.7 Å². The maximum atomic E-state index is 12.1. The Bertz CT molecular complexity index is 1160. The van der Waals surface area contributed by atoms with E-state index in [0.29, 0.717) is 17.9 Å². The fourth-order valence-corrected chi connectivity index (χ4v) is 3.65. The third-order valence-corrected chi connectivity index (χ3v) is 5.21. The Morgan fingerprint density at radius 1 is 0.931 bits per heavy atom. The highest BCUT2D eigenvalue weighted by Crippen LogP contribution is 2.23. The van der Waals surface area contributed by atoms with E-state index in [2.05, 4.69) is 60.8 Å². The van der Waals surface area contributed by atoms with E-state index in [4.69, 9.17) is 9.15 Å². The molecule has 4 nitrogen and oxygen atoms in total. The number of ether oxygens (including phenoxy) is 1. The Morgan fingerprint density at radius 3 is 2.38 bits per heavy atom. The van der Waals surface area contributed by atoms with Crippen molar-refractivity contribution in [2.75, 3.05) is 7.11 Å². The fourth-order valence-electron chi connectivity index (χ4n) is 3.65. The van der Waals surface area contributed by atoms with Crippen LogP contribution >= 0.6 is 0 Å². The molecule has 0 aliphatic carbocycles. The van der Waals surface area contributed by atoms with E-state index >= 15 is 0 Å². The molecule has 0 amide bonds. The second-order valence-corrected chi connectivity index (χ2v) is 7.19. The molecule has 4 aromatic rings. The molecule has 3 aromatic carbocycles. The minimum absolute atomic E-state index is 0.136. The van der Waals surface area contributed by atoms with E-state index in [1.165, 1.54) is 16.7 Å². The van der Waals surface area contributed by atoms with E-state index in [1.807, 2.05) is 18.2 Å². The van der Waals surface area contributed by atoms with Crippen LogP contribution in [0.1, 0.15) is 28.3 Å². The molecule has 146 valence electrons. The first-order chi connectivity index (χ1) is 14.1. The van der Waals surface area contributed by atoms with Gasteiger partial charge in [0.15, 0.2) is 0 Å². The predicted octanol–water partition coefficient (Wildman–Crippen LogP) is 3.96. The first-order valence-electron chi connectivity index (χ1n) is 9.69. The number of fused-ring (bicyclic) bond motifs is 1. The fraction of sp³-hybridized carbons (Fsp3) is 0.160. The van der Waals surface area contributed by atoms with Crippen LogP contribution < -0.4 is 15.7 Å². The van der Waals surface area contributed by atoms with E-state index < -0.39 is 0 Å². The highest BCUT2D eigenvalue weighted by Gasteiger charge is 2.18. The molecule has 0 spiro atoms. The van der Waals surface area contributed by atoms with Gasteiger partial charge in [-0.25, -0.2) is 4.79 Å². The number of hydrogen-bond donors (Lipinski definition) is 1. The molecular weight excluding hydrogens is 362 g/mol. The van der Waals surface area contributed by atoms with Crippen LogP contribution in [0.5, 0.6) is 5.75 Å². The van der Waals surface area contributed by atoms with Crippen molar-refractivity contribution in [3.8, 4) is 5.75 Å². The molecule has 0 saturated heterocycles. The molecule has 1 atom stereocenters. The number of hydrogen-bond acceptors (Lipinski definition) is 3. The molecule has 0 aliphatic rings. The van der Waals surface area contributed by atoms with Crippen molar-refractivity contribution in [2.45, 2.75) is 19.5 Å². The molecule has 1 aromatic heterocycles. The number of quaternary nitrogens is 1. The van der Waals surface area contributed by atoms with Gasteiger partial charge in [0.1, 0.15) is 23.9 Å². The monoisotopic (exact) mass is 386 g/mol. The summed E-state index contributed by atoms with van der Waals surface area (Å²) in [5, 5.41) is 3.19. The molecule has 2 N–H and O–H groups in total. The lowest BCUT2D eigenvalue weighted by Crippen LogP contribution is -2.84. The minimum atomic E-state index is -0.347. The van der Waals surface area contributed by atoms with Gasteiger partial charge in [0.25, 0.3) is 0 Å². The number of methoxy groups -OCH3 is 1. The van der Waals surface area contributed by atoms with Crippen LogP contribution in [0.25, 0.3) is 11.0 Å². The Hall–Kier alpha value is -3.37. The molecule has 0 bridgehead atoms. The summed E-state index contributed by atoms with van der Waals surface area (Å²) in [4.78, 5) is 12.1. The molecule has 4 heteroatoms. The normalized spacial score (nSPS) is 12.1. The van der Waals surface area contributed by atoms with E-state index in [9.17, 15) is 4.79 Å². The van der Waals surface area contributed by atoms with Gasteiger partial charge in [0, 0.05) is 34.2 Å². The molecule has 1 heterocycles. The summed E-state index contributed by atoms with van der Waals surface area (Å²) in [5.41, 5.74) is 4.85. The third kappa shape index (κ3) is 4.23. The first kappa shape index (κ1) is 19.0. The SMILES string of the molecule is COc1ccc2c(C[NH2+][C@H](c3ccccc3)c3ccc(C)cc3)cc(=O)oc2c1. The molecule has 0 unspecified atom stereocenters. The van der Waals surface area contributed by atoms with E-state index in [0.717, 1.165) is 10.9 Å². The van der Waals surface area contributed by atoms with Crippen LogP contribution in [0.3, 0.4) is 0 Å². The Balaban J connectivity index is 1.69. The van der Waals surface area contributed by atoms with Gasteiger partial charge in [-0.2, -0.15) is 0 Å². The number of benzene rings is 3. The van der Waals surface area contributed by atoms with Crippen molar-refractivity contribution < 1.29 is 14.5 Å². The molecule has 4 rings (SSSR count). The standard InChI is InChI=1S/C25H23NO3/c1-17-8-10-19(11-9-17)25(18-6-4-3-5-7-18)26-16-20-14-24(27)29-23-15-21(28-2)12-13-22(20)23/h3-15,25-26H,16H2,1-2H3/p+1/t25-/m1/s1. The summed E-state index contributed by atoms with van der Waals surface area (Å²) >= 11 is 0. The largest absolute Gasteiger partial charge is 0.497 e. The molecular formula is C25H24NO3+. The minimum Gasteiger partial charge on any atom is -0.497 e. The van der Waals surface area contributed by atoms with Gasteiger partial charge in [0.05, 0.1) is 7.11 Å². The lowest BCUT2D eigenvalue weighted by Gasteiger charge is -2.17. The van der Waals surface area contributed by atoms with Crippen molar-refractivity contribution in [1.82, 2.24) is 0 Å². The second kappa shape index (κ2) is 8.33. The van der Waals surface area contributed by atoms with Crippen molar-refractivity contribution in [1.29, 1.82) is 0 Å². The van der Waals surface area contributed by atoms with Gasteiger partial charge >= 0.3 is 5.63 Å². The highest BCUT2D eigenvalue weighted by atomic mass is 16.5. The summed E-state index contributed by atoms with van der Waals surface area (Å²) in [7, 11) is 1.60. The van der Waals surface area contributed by atoms with Crippen molar-refractivity contribution in [3.63, 3.8) is 0 Å². The molecule has 0 aliphatic heterocycles. The lowest BCUT2D eigenvalue weighted by atomic mass is 9.97. The summed E-state index contributed by atoms with van der Waals surface area (Å²) in [6.45, 7) is 2.75. The molecule has 0 fully saturated rings. The van der Waals surface area contributed by atoms with Crippen LogP contribution in [0.15, 0.2) is 88.1 Å². The van der Waals surface area contributed by atoms with Crippen molar-refractivity contribution >= 4 is 11.0 Å².